The van der Waals surface area contributed by atoms with Crippen molar-refractivity contribution >= 4 is 11.9 Å². The zero-order valence-electron chi connectivity index (χ0n) is 17.8. The van der Waals surface area contributed by atoms with Gasteiger partial charge in [0.1, 0.15) is 17.2 Å². The molecule has 0 aliphatic carbocycles. The van der Waals surface area contributed by atoms with Gasteiger partial charge in [-0.25, -0.2) is 0 Å². The molecular weight excluding hydrogens is 386 g/mol. The van der Waals surface area contributed by atoms with E-state index in [-0.39, 0.29) is 18.9 Å². The quantitative estimate of drug-likeness (QED) is 0.390. The standard InChI is InChI=1S/C23H29NO6/c1-4-28-20-9-7-18(8-10-20)16-24(2)22(25)17-30-23(26)6-5-15-29-21-13-11-19(27-3)12-14-21/h7-14H,4-6,15-17H2,1-3H3. The molecular formula is C23H29NO6. The monoisotopic (exact) mass is 415 g/mol. The Morgan fingerprint density at radius 3 is 2.13 bits per heavy atom. The van der Waals surface area contributed by atoms with Crippen molar-refractivity contribution in [1.82, 2.24) is 4.90 Å². The minimum atomic E-state index is -0.420. The summed E-state index contributed by atoms with van der Waals surface area (Å²) in [5, 5.41) is 0. The zero-order chi connectivity index (χ0) is 21.8. The second kappa shape index (κ2) is 12.4. The molecule has 0 aromatic heterocycles. The Morgan fingerprint density at radius 2 is 1.50 bits per heavy atom. The molecule has 0 radical (unpaired) electrons. The first-order valence-corrected chi connectivity index (χ1v) is 9.90. The van der Waals surface area contributed by atoms with Crippen LogP contribution in [0.25, 0.3) is 0 Å². The summed E-state index contributed by atoms with van der Waals surface area (Å²) in [6.07, 6.45) is 0.688. The van der Waals surface area contributed by atoms with Gasteiger partial charge < -0.3 is 23.8 Å². The average Bonchev–Trinajstić information content (AvgIpc) is 2.77. The molecule has 0 atom stereocenters. The average molecular weight is 415 g/mol. The molecule has 162 valence electrons. The Morgan fingerprint density at radius 1 is 0.900 bits per heavy atom. The van der Waals surface area contributed by atoms with E-state index in [1.165, 1.54) is 4.90 Å². The maximum Gasteiger partial charge on any atom is 0.306 e. The fourth-order valence-corrected chi connectivity index (χ4v) is 2.62. The van der Waals surface area contributed by atoms with Crippen LogP contribution in [0.3, 0.4) is 0 Å². The second-order valence-corrected chi connectivity index (χ2v) is 6.61. The highest BCUT2D eigenvalue weighted by Crippen LogP contribution is 2.17. The number of esters is 1. The molecule has 0 fully saturated rings. The van der Waals surface area contributed by atoms with Crippen molar-refractivity contribution in [3.63, 3.8) is 0 Å². The number of nitrogens with zero attached hydrogens (tertiary/aromatic N) is 1. The second-order valence-electron chi connectivity index (χ2n) is 6.61. The van der Waals surface area contributed by atoms with Gasteiger partial charge in [0.25, 0.3) is 5.91 Å². The first-order chi connectivity index (χ1) is 14.5. The van der Waals surface area contributed by atoms with Crippen molar-refractivity contribution in [1.29, 1.82) is 0 Å². The summed E-state index contributed by atoms with van der Waals surface area (Å²) in [5.74, 6) is 1.57. The number of rotatable bonds is 12. The van der Waals surface area contributed by atoms with E-state index in [1.807, 2.05) is 31.2 Å². The normalized spacial score (nSPS) is 10.2. The molecule has 0 saturated carbocycles. The summed E-state index contributed by atoms with van der Waals surface area (Å²) < 4.78 is 21.1. The Balaban J connectivity index is 1.62. The molecule has 0 unspecified atom stereocenters. The van der Waals surface area contributed by atoms with Crippen LogP contribution in [0, 0.1) is 0 Å². The lowest BCUT2D eigenvalue weighted by Crippen LogP contribution is -2.30. The molecule has 0 N–H and O–H groups in total. The third-order valence-corrected chi connectivity index (χ3v) is 4.29. The fraction of sp³-hybridized carbons (Fsp3) is 0.391. The van der Waals surface area contributed by atoms with Gasteiger partial charge in [0.2, 0.25) is 0 Å². The van der Waals surface area contributed by atoms with Crippen molar-refractivity contribution in [2.24, 2.45) is 0 Å². The Kier molecular flexibility index (Phi) is 9.51. The summed E-state index contributed by atoms with van der Waals surface area (Å²) >= 11 is 0. The smallest absolute Gasteiger partial charge is 0.306 e. The van der Waals surface area contributed by atoms with Gasteiger partial charge in [-0.3, -0.25) is 9.59 Å². The van der Waals surface area contributed by atoms with Crippen LogP contribution in [0.4, 0.5) is 0 Å². The molecule has 1 amide bonds. The van der Waals surface area contributed by atoms with Crippen molar-refractivity contribution in [2.45, 2.75) is 26.3 Å². The van der Waals surface area contributed by atoms with Crippen LogP contribution in [0.2, 0.25) is 0 Å². The molecule has 2 rings (SSSR count). The minimum Gasteiger partial charge on any atom is -0.497 e. The van der Waals surface area contributed by atoms with Gasteiger partial charge in [0, 0.05) is 20.0 Å². The summed E-state index contributed by atoms with van der Waals surface area (Å²) in [6.45, 7) is 3.07. The number of methoxy groups -OCH3 is 1. The molecule has 7 heteroatoms. The number of amides is 1. The van der Waals surface area contributed by atoms with E-state index >= 15 is 0 Å². The molecule has 7 nitrogen and oxygen atoms in total. The van der Waals surface area contributed by atoms with Crippen LogP contribution in [-0.2, 0) is 20.9 Å². The maximum atomic E-state index is 12.2. The minimum absolute atomic E-state index is 0.187. The maximum absolute atomic E-state index is 12.2. The van der Waals surface area contributed by atoms with E-state index in [1.54, 1.807) is 38.4 Å². The lowest BCUT2D eigenvalue weighted by atomic mass is 10.2. The third-order valence-electron chi connectivity index (χ3n) is 4.29. The van der Waals surface area contributed by atoms with Crippen LogP contribution in [0.1, 0.15) is 25.3 Å². The van der Waals surface area contributed by atoms with E-state index in [2.05, 4.69) is 0 Å². The molecule has 30 heavy (non-hydrogen) atoms. The van der Waals surface area contributed by atoms with Crippen molar-refractivity contribution < 1.29 is 28.5 Å². The Labute approximate surface area is 177 Å². The molecule has 0 spiro atoms. The van der Waals surface area contributed by atoms with Gasteiger partial charge in [-0.1, -0.05) is 12.1 Å². The number of likely N-dealkylation sites (N-methyl/N-ethyl adjacent to an activating group) is 1. The molecule has 2 aromatic rings. The Hall–Kier alpha value is -3.22. The fourth-order valence-electron chi connectivity index (χ4n) is 2.62. The third kappa shape index (κ3) is 8.03. The number of hydrogen-bond donors (Lipinski definition) is 0. The highest BCUT2D eigenvalue weighted by atomic mass is 16.5. The van der Waals surface area contributed by atoms with Gasteiger partial charge in [0.15, 0.2) is 6.61 Å². The predicted octanol–water partition coefficient (Wildman–Crippen LogP) is 3.45. The molecule has 0 saturated heterocycles. The van der Waals surface area contributed by atoms with Crippen LogP contribution < -0.4 is 14.2 Å². The lowest BCUT2D eigenvalue weighted by molar-refractivity contribution is -0.151. The zero-order valence-corrected chi connectivity index (χ0v) is 17.8. The predicted molar refractivity (Wildman–Crippen MR) is 113 cm³/mol. The highest BCUT2D eigenvalue weighted by molar-refractivity contribution is 5.80. The van der Waals surface area contributed by atoms with Gasteiger partial charge in [-0.05, 0) is 55.3 Å². The Bertz CT molecular complexity index is 788. The number of hydrogen-bond acceptors (Lipinski definition) is 6. The van der Waals surface area contributed by atoms with E-state index in [0.29, 0.717) is 31.9 Å². The van der Waals surface area contributed by atoms with E-state index in [9.17, 15) is 9.59 Å². The molecule has 0 heterocycles. The van der Waals surface area contributed by atoms with Gasteiger partial charge in [-0.15, -0.1) is 0 Å². The number of ether oxygens (including phenoxy) is 4. The van der Waals surface area contributed by atoms with Crippen molar-refractivity contribution in [3.8, 4) is 17.2 Å². The number of carbonyl (C=O) groups excluding carboxylic acids is 2. The number of carbonyl (C=O) groups is 2. The molecule has 2 aromatic carbocycles. The van der Waals surface area contributed by atoms with Crippen LogP contribution >= 0.6 is 0 Å². The van der Waals surface area contributed by atoms with Gasteiger partial charge in [0.05, 0.1) is 20.3 Å². The lowest BCUT2D eigenvalue weighted by Gasteiger charge is -2.17. The van der Waals surface area contributed by atoms with Gasteiger partial charge in [-0.2, -0.15) is 0 Å². The van der Waals surface area contributed by atoms with E-state index in [0.717, 1.165) is 17.1 Å². The summed E-state index contributed by atoms with van der Waals surface area (Å²) in [4.78, 5) is 25.5. The van der Waals surface area contributed by atoms with E-state index < -0.39 is 5.97 Å². The number of benzene rings is 2. The first-order valence-electron chi connectivity index (χ1n) is 9.90. The molecule has 0 aliphatic rings. The SMILES string of the molecule is CCOc1ccc(CN(C)C(=O)COC(=O)CCCOc2ccc(OC)cc2)cc1. The van der Waals surface area contributed by atoms with Crippen molar-refractivity contribution in [3.05, 3.63) is 54.1 Å². The van der Waals surface area contributed by atoms with Crippen LogP contribution in [-0.4, -0.2) is 50.8 Å². The first kappa shape index (κ1) is 23.1. The van der Waals surface area contributed by atoms with E-state index in [4.69, 9.17) is 18.9 Å². The highest BCUT2D eigenvalue weighted by Gasteiger charge is 2.12. The summed E-state index contributed by atoms with van der Waals surface area (Å²) in [5.41, 5.74) is 0.969. The van der Waals surface area contributed by atoms with Crippen LogP contribution in [0.5, 0.6) is 17.2 Å². The summed E-state index contributed by atoms with van der Waals surface area (Å²) in [6, 6.07) is 14.8. The van der Waals surface area contributed by atoms with Crippen LogP contribution in [0.15, 0.2) is 48.5 Å². The van der Waals surface area contributed by atoms with Crippen molar-refractivity contribution in [2.75, 3.05) is 34.0 Å². The largest absolute Gasteiger partial charge is 0.497 e. The van der Waals surface area contributed by atoms with Gasteiger partial charge >= 0.3 is 5.97 Å². The molecule has 0 aliphatic heterocycles. The topological polar surface area (TPSA) is 74.3 Å². The molecule has 0 bridgehead atoms. The summed E-state index contributed by atoms with van der Waals surface area (Å²) in [7, 11) is 3.28.